The molecule has 2 aromatic rings. The van der Waals surface area contributed by atoms with Crippen LogP contribution in [0.5, 0.6) is 0 Å². The van der Waals surface area contributed by atoms with Gasteiger partial charge in [0.25, 0.3) is 0 Å². The number of aryl methyl sites for hydroxylation is 3. The average Bonchev–Trinajstić information content (AvgIpc) is 2.59. The van der Waals surface area contributed by atoms with Crippen LogP contribution in [0.15, 0.2) is 42.5 Å². The number of para-hydroxylation sites is 2. The third kappa shape index (κ3) is 3.24. The predicted octanol–water partition coefficient (Wildman–Crippen LogP) is 3.95. The van der Waals surface area contributed by atoms with Gasteiger partial charge in [0.1, 0.15) is 0 Å². The molecule has 0 aliphatic carbocycles. The first-order valence-electron chi connectivity index (χ1n) is 8.41. The molecule has 1 amide bonds. The quantitative estimate of drug-likeness (QED) is 0.927. The van der Waals surface area contributed by atoms with E-state index in [1.807, 2.05) is 17.0 Å². The third-order valence-corrected chi connectivity index (χ3v) is 4.57. The highest BCUT2D eigenvalue weighted by Gasteiger charge is 2.22. The lowest BCUT2D eigenvalue weighted by Crippen LogP contribution is -2.39. The molecule has 0 unspecified atom stereocenters. The van der Waals surface area contributed by atoms with Crippen LogP contribution in [-0.2, 0) is 17.6 Å². The molecule has 0 radical (unpaired) electrons. The standard InChI is InChI=1S/C20H24N2O/c1-3-16-10-6-8-15(2)20(16)21-14-19(23)22-13-7-11-17-9-4-5-12-18(17)22/h4-6,8-10,12,21H,3,7,11,13-14H2,1-2H3. The monoisotopic (exact) mass is 308 g/mol. The van der Waals surface area contributed by atoms with Crippen LogP contribution in [0.3, 0.4) is 0 Å². The van der Waals surface area contributed by atoms with Crippen molar-refractivity contribution in [2.24, 2.45) is 0 Å². The van der Waals surface area contributed by atoms with E-state index in [0.717, 1.165) is 37.2 Å². The van der Waals surface area contributed by atoms with E-state index in [4.69, 9.17) is 0 Å². The zero-order valence-corrected chi connectivity index (χ0v) is 13.9. The lowest BCUT2D eigenvalue weighted by atomic mass is 10.0. The second kappa shape index (κ2) is 6.86. The van der Waals surface area contributed by atoms with Gasteiger partial charge in [-0.2, -0.15) is 0 Å². The van der Waals surface area contributed by atoms with Crippen molar-refractivity contribution in [1.82, 2.24) is 0 Å². The molecule has 1 heterocycles. The van der Waals surface area contributed by atoms with Crippen LogP contribution >= 0.6 is 0 Å². The summed E-state index contributed by atoms with van der Waals surface area (Å²) >= 11 is 0. The Balaban J connectivity index is 1.74. The van der Waals surface area contributed by atoms with Crippen molar-refractivity contribution in [3.63, 3.8) is 0 Å². The van der Waals surface area contributed by atoms with E-state index in [1.54, 1.807) is 0 Å². The summed E-state index contributed by atoms with van der Waals surface area (Å²) in [5.74, 6) is 0.141. The summed E-state index contributed by atoms with van der Waals surface area (Å²) in [6, 6.07) is 14.5. The third-order valence-electron chi connectivity index (χ3n) is 4.57. The first-order chi connectivity index (χ1) is 11.2. The van der Waals surface area contributed by atoms with Crippen molar-refractivity contribution < 1.29 is 4.79 Å². The number of nitrogens with one attached hydrogen (secondary N) is 1. The molecule has 3 nitrogen and oxygen atoms in total. The highest BCUT2D eigenvalue weighted by atomic mass is 16.2. The average molecular weight is 308 g/mol. The van der Waals surface area contributed by atoms with Gasteiger partial charge in [-0.05, 0) is 48.9 Å². The Bertz CT molecular complexity index is 709. The van der Waals surface area contributed by atoms with Crippen molar-refractivity contribution in [3.8, 4) is 0 Å². The number of benzene rings is 2. The van der Waals surface area contributed by atoms with E-state index in [1.165, 1.54) is 16.7 Å². The fraction of sp³-hybridized carbons (Fsp3) is 0.350. The number of anilines is 2. The Morgan fingerprint density at radius 3 is 2.83 bits per heavy atom. The molecule has 1 N–H and O–H groups in total. The van der Waals surface area contributed by atoms with Crippen LogP contribution in [0.1, 0.15) is 30.0 Å². The fourth-order valence-corrected chi connectivity index (χ4v) is 3.33. The molecule has 3 rings (SSSR count). The molecule has 0 spiro atoms. The number of rotatable bonds is 4. The molecule has 23 heavy (non-hydrogen) atoms. The maximum Gasteiger partial charge on any atom is 0.246 e. The molecule has 120 valence electrons. The van der Waals surface area contributed by atoms with E-state index < -0.39 is 0 Å². The molecule has 3 heteroatoms. The zero-order valence-electron chi connectivity index (χ0n) is 13.9. The normalized spacial score (nSPS) is 13.6. The van der Waals surface area contributed by atoms with Gasteiger partial charge in [0.05, 0.1) is 6.54 Å². The fourth-order valence-electron chi connectivity index (χ4n) is 3.33. The highest BCUT2D eigenvalue weighted by molar-refractivity contribution is 5.97. The van der Waals surface area contributed by atoms with Crippen molar-refractivity contribution in [1.29, 1.82) is 0 Å². The first kappa shape index (κ1) is 15.6. The maximum absolute atomic E-state index is 12.7. The van der Waals surface area contributed by atoms with Crippen LogP contribution < -0.4 is 10.2 Å². The van der Waals surface area contributed by atoms with Gasteiger partial charge in [0.2, 0.25) is 5.91 Å². The first-order valence-corrected chi connectivity index (χ1v) is 8.41. The Labute approximate surface area is 138 Å². The number of carbonyl (C=O) groups excluding carboxylic acids is 1. The molecular weight excluding hydrogens is 284 g/mol. The van der Waals surface area contributed by atoms with Crippen molar-refractivity contribution in [2.75, 3.05) is 23.3 Å². The van der Waals surface area contributed by atoms with Crippen molar-refractivity contribution in [3.05, 3.63) is 59.2 Å². The van der Waals surface area contributed by atoms with E-state index in [2.05, 4.69) is 49.5 Å². The Morgan fingerprint density at radius 2 is 2.00 bits per heavy atom. The molecule has 2 aromatic carbocycles. The van der Waals surface area contributed by atoms with Crippen LogP contribution in [0.2, 0.25) is 0 Å². The Kier molecular flexibility index (Phi) is 4.65. The van der Waals surface area contributed by atoms with Crippen molar-refractivity contribution >= 4 is 17.3 Å². The van der Waals surface area contributed by atoms with Gasteiger partial charge in [-0.3, -0.25) is 4.79 Å². The summed E-state index contributed by atoms with van der Waals surface area (Å²) in [5.41, 5.74) is 5.91. The van der Waals surface area contributed by atoms with Gasteiger partial charge in [-0.25, -0.2) is 0 Å². The smallest absolute Gasteiger partial charge is 0.246 e. The molecule has 0 aromatic heterocycles. The second-order valence-corrected chi connectivity index (χ2v) is 6.09. The predicted molar refractivity (Wildman–Crippen MR) is 96.2 cm³/mol. The molecule has 0 bridgehead atoms. The number of amides is 1. The molecule has 0 saturated heterocycles. The van der Waals surface area contributed by atoms with Crippen LogP contribution in [0, 0.1) is 6.92 Å². The summed E-state index contributed by atoms with van der Waals surface area (Å²) in [6.45, 7) is 5.38. The zero-order chi connectivity index (χ0) is 16.2. The van der Waals surface area contributed by atoms with Crippen molar-refractivity contribution in [2.45, 2.75) is 33.1 Å². The van der Waals surface area contributed by atoms with Gasteiger partial charge >= 0.3 is 0 Å². The molecule has 0 fully saturated rings. The highest BCUT2D eigenvalue weighted by Crippen LogP contribution is 2.27. The minimum absolute atomic E-state index is 0.141. The minimum atomic E-state index is 0.141. The van der Waals surface area contributed by atoms with E-state index in [-0.39, 0.29) is 5.91 Å². The number of hydrogen-bond donors (Lipinski definition) is 1. The Hall–Kier alpha value is -2.29. The SMILES string of the molecule is CCc1cccc(C)c1NCC(=O)N1CCCc2ccccc21. The second-order valence-electron chi connectivity index (χ2n) is 6.09. The summed E-state index contributed by atoms with van der Waals surface area (Å²) in [5, 5.41) is 3.37. The Morgan fingerprint density at radius 1 is 1.17 bits per heavy atom. The number of hydrogen-bond acceptors (Lipinski definition) is 2. The summed E-state index contributed by atoms with van der Waals surface area (Å²) in [4.78, 5) is 14.6. The summed E-state index contributed by atoms with van der Waals surface area (Å²) in [7, 11) is 0. The largest absolute Gasteiger partial charge is 0.376 e. The molecule has 0 atom stereocenters. The van der Waals surface area contributed by atoms with Crippen LogP contribution in [0.4, 0.5) is 11.4 Å². The van der Waals surface area contributed by atoms with Gasteiger partial charge < -0.3 is 10.2 Å². The molecular formula is C20H24N2O. The minimum Gasteiger partial charge on any atom is -0.376 e. The van der Waals surface area contributed by atoms with Gasteiger partial charge in [0.15, 0.2) is 0 Å². The lowest BCUT2D eigenvalue weighted by molar-refractivity contribution is -0.117. The number of fused-ring (bicyclic) bond motifs is 1. The number of carbonyl (C=O) groups is 1. The molecule has 1 aliphatic heterocycles. The summed E-state index contributed by atoms with van der Waals surface area (Å²) < 4.78 is 0. The van der Waals surface area contributed by atoms with Crippen LogP contribution in [-0.4, -0.2) is 19.0 Å². The number of nitrogens with zero attached hydrogens (tertiary/aromatic N) is 1. The van der Waals surface area contributed by atoms with Gasteiger partial charge in [0, 0.05) is 17.9 Å². The topological polar surface area (TPSA) is 32.3 Å². The maximum atomic E-state index is 12.7. The molecule has 0 saturated carbocycles. The van der Waals surface area contributed by atoms with Gasteiger partial charge in [-0.1, -0.05) is 43.3 Å². The van der Waals surface area contributed by atoms with Crippen LogP contribution in [0.25, 0.3) is 0 Å². The van der Waals surface area contributed by atoms with E-state index in [9.17, 15) is 4.79 Å². The van der Waals surface area contributed by atoms with Gasteiger partial charge in [-0.15, -0.1) is 0 Å². The van der Waals surface area contributed by atoms with E-state index >= 15 is 0 Å². The molecule has 1 aliphatic rings. The van der Waals surface area contributed by atoms with E-state index in [0.29, 0.717) is 6.54 Å². The lowest BCUT2D eigenvalue weighted by Gasteiger charge is -2.30. The summed E-state index contributed by atoms with van der Waals surface area (Å²) in [6.07, 6.45) is 3.06.